The summed E-state index contributed by atoms with van der Waals surface area (Å²) in [6.07, 6.45) is -0.0475. The van der Waals surface area contributed by atoms with E-state index in [0.717, 1.165) is 0 Å². The smallest absolute Gasteiger partial charge is 0.150 e. The largest absolute Gasteiger partial charge is 0.393 e. The predicted molar refractivity (Wildman–Crippen MR) is 58.8 cm³/mol. The van der Waals surface area contributed by atoms with E-state index in [9.17, 15) is 8.78 Å². The lowest BCUT2D eigenvalue weighted by molar-refractivity contribution is 0.188. The maximum Gasteiger partial charge on any atom is 0.150 e. The van der Waals surface area contributed by atoms with E-state index in [0.29, 0.717) is 17.4 Å². The maximum absolute atomic E-state index is 13.2. The minimum Gasteiger partial charge on any atom is -0.393 e. The molecule has 0 bridgehead atoms. The Morgan fingerprint density at radius 3 is 2.40 bits per heavy atom. The molecule has 0 saturated carbocycles. The van der Waals surface area contributed by atoms with Crippen LogP contribution in [0.15, 0.2) is 16.6 Å². The first-order valence-corrected chi connectivity index (χ1v) is 5.36. The van der Waals surface area contributed by atoms with E-state index in [4.69, 9.17) is 5.11 Å². The van der Waals surface area contributed by atoms with Gasteiger partial charge in [-0.25, -0.2) is 8.78 Å². The van der Waals surface area contributed by atoms with Gasteiger partial charge in [0.1, 0.15) is 17.3 Å². The van der Waals surface area contributed by atoms with Gasteiger partial charge in [-0.1, -0.05) is 15.9 Å². The van der Waals surface area contributed by atoms with E-state index >= 15 is 0 Å². The Kier molecular flexibility index (Phi) is 4.47. The highest BCUT2D eigenvalue weighted by Crippen LogP contribution is 2.23. The number of nitrogens with one attached hydrogen (secondary N) is 1. The summed E-state index contributed by atoms with van der Waals surface area (Å²) in [7, 11) is 0. The number of anilines is 1. The van der Waals surface area contributed by atoms with Crippen LogP contribution in [0, 0.1) is 11.6 Å². The average molecular weight is 280 g/mol. The number of hydrogen-bond donors (Lipinski definition) is 2. The zero-order valence-electron chi connectivity index (χ0n) is 8.23. The molecule has 0 heterocycles. The highest BCUT2D eigenvalue weighted by molar-refractivity contribution is 9.10. The second kappa shape index (κ2) is 5.42. The van der Waals surface area contributed by atoms with E-state index in [1.807, 2.05) is 0 Å². The first-order chi connectivity index (χ1) is 7.00. The molecule has 1 rings (SSSR count). The Hall–Kier alpha value is -0.680. The van der Waals surface area contributed by atoms with Crippen LogP contribution >= 0.6 is 15.9 Å². The number of benzene rings is 1. The van der Waals surface area contributed by atoms with Gasteiger partial charge in [0.05, 0.1) is 6.10 Å². The van der Waals surface area contributed by atoms with Gasteiger partial charge >= 0.3 is 0 Å². The number of hydrogen-bond acceptors (Lipinski definition) is 2. The van der Waals surface area contributed by atoms with Crippen LogP contribution in [-0.4, -0.2) is 17.8 Å². The molecular weight excluding hydrogens is 268 g/mol. The number of rotatable bonds is 4. The second-order valence-electron chi connectivity index (χ2n) is 3.31. The van der Waals surface area contributed by atoms with Gasteiger partial charge in [0.15, 0.2) is 0 Å². The zero-order valence-corrected chi connectivity index (χ0v) is 9.81. The van der Waals surface area contributed by atoms with Gasteiger partial charge < -0.3 is 10.4 Å². The first kappa shape index (κ1) is 12.4. The van der Waals surface area contributed by atoms with Gasteiger partial charge in [0.25, 0.3) is 0 Å². The van der Waals surface area contributed by atoms with Crippen molar-refractivity contribution in [2.75, 3.05) is 11.9 Å². The molecule has 0 aliphatic heterocycles. The van der Waals surface area contributed by atoms with Gasteiger partial charge in [-0.2, -0.15) is 0 Å². The highest BCUT2D eigenvalue weighted by Gasteiger charge is 2.09. The molecule has 1 aromatic carbocycles. The molecular formula is C10H12BrF2NO. The van der Waals surface area contributed by atoms with Crippen molar-refractivity contribution in [3.63, 3.8) is 0 Å². The molecule has 1 atom stereocenters. The average Bonchev–Trinajstić information content (AvgIpc) is 2.08. The van der Waals surface area contributed by atoms with Crippen LogP contribution < -0.4 is 5.32 Å². The standard InChI is InChI=1S/C10H12BrF2NO/c1-6(15)2-3-14-10-8(12)4-7(11)5-9(10)13/h4-6,14-15H,2-3H2,1H3. The van der Waals surface area contributed by atoms with Gasteiger partial charge in [0.2, 0.25) is 0 Å². The predicted octanol–water partition coefficient (Wildman–Crippen LogP) is 2.91. The lowest BCUT2D eigenvalue weighted by atomic mass is 10.2. The lowest BCUT2D eigenvalue weighted by Crippen LogP contribution is -2.11. The Bertz CT molecular complexity index is 321. The molecule has 0 spiro atoms. The minimum absolute atomic E-state index is 0.154. The van der Waals surface area contributed by atoms with Crippen LogP contribution in [-0.2, 0) is 0 Å². The quantitative estimate of drug-likeness (QED) is 0.888. The van der Waals surface area contributed by atoms with Crippen molar-refractivity contribution < 1.29 is 13.9 Å². The summed E-state index contributed by atoms with van der Waals surface area (Å²) in [6, 6.07) is 2.38. The van der Waals surface area contributed by atoms with Gasteiger partial charge in [-0.05, 0) is 25.5 Å². The summed E-state index contributed by atoms with van der Waals surface area (Å²) >= 11 is 2.99. The Balaban J connectivity index is 2.68. The molecule has 0 fully saturated rings. The van der Waals surface area contributed by atoms with E-state index in [2.05, 4.69) is 21.2 Å². The van der Waals surface area contributed by atoms with E-state index in [1.54, 1.807) is 6.92 Å². The molecule has 2 nitrogen and oxygen atoms in total. The van der Waals surface area contributed by atoms with E-state index in [-0.39, 0.29) is 5.69 Å². The van der Waals surface area contributed by atoms with Crippen molar-refractivity contribution in [2.45, 2.75) is 19.4 Å². The van der Waals surface area contributed by atoms with Crippen LogP contribution in [0.2, 0.25) is 0 Å². The lowest BCUT2D eigenvalue weighted by Gasteiger charge is -2.10. The third-order valence-electron chi connectivity index (χ3n) is 1.87. The van der Waals surface area contributed by atoms with Crippen LogP contribution in [0.5, 0.6) is 0 Å². The summed E-state index contributed by atoms with van der Waals surface area (Å²) < 4.78 is 26.8. The Morgan fingerprint density at radius 2 is 1.93 bits per heavy atom. The summed E-state index contributed by atoms with van der Waals surface area (Å²) in [6.45, 7) is 1.95. The van der Waals surface area contributed by atoms with Crippen LogP contribution in [0.25, 0.3) is 0 Å². The second-order valence-corrected chi connectivity index (χ2v) is 4.22. The number of halogens is 3. The van der Waals surface area contributed by atoms with Crippen molar-refractivity contribution in [1.29, 1.82) is 0 Å². The van der Waals surface area contributed by atoms with Crippen molar-refractivity contribution in [3.05, 3.63) is 28.2 Å². The summed E-state index contributed by atoms with van der Waals surface area (Å²) in [4.78, 5) is 0. The topological polar surface area (TPSA) is 32.3 Å². The van der Waals surface area contributed by atoms with Crippen molar-refractivity contribution in [3.8, 4) is 0 Å². The van der Waals surface area contributed by atoms with Gasteiger partial charge in [-0.15, -0.1) is 0 Å². The van der Waals surface area contributed by atoms with Crippen LogP contribution in [0.4, 0.5) is 14.5 Å². The molecule has 0 amide bonds. The molecule has 1 unspecified atom stereocenters. The first-order valence-electron chi connectivity index (χ1n) is 4.57. The molecule has 1 aromatic rings. The highest BCUT2D eigenvalue weighted by atomic mass is 79.9. The summed E-state index contributed by atoms with van der Waals surface area (Å²) in [5.41, 5.74) is -0.154. The molecule has 0 aliphatic rings. The molecule has 0 saturated heterocycles. The molecule has 0 aromatic heterocycles. The minimum atomic E-state index is -0.646. The van der Waals surface area contributed by atoms with Gasteiger partial charge in [-0.3, -0.25) is 0 Å². The molecule has 2 N–H and O–H groups in total. The fourth-order valence-electron chi connectivity index (χ4n) is 1.12. The monoisotopic (exact) mass is 279 g/mol. The summed E-state index contributed by atoms with van der Waals surface area (Å²) in [5.74, 6) is -1.29. The van der Waals surface area contributed by atoms with Crippen molar-refractivity contribution in [1.82, 2.24) is 0 Å². The fourth-order valence-corrected chi connectivity index (χ4v) is 1.52. The fraction of sp³-hybridized carbons (Fsp3) is 0.400. The van der Waals surface area contributed by atoms with Gasteiger partial charge in [0, 0.05) is 11.0 Å². The molecule has 84 valence electrons. The third-order valence-corrected chi connectivity index (χ3v) is 2.33. The maximum atomic E-state index is 13.2. The third kappa shape index (κ3) is 3.76. The van der Waals surface area contributed by atoms with E-state index in [1.165, 1.54) is 12.1 Å². The number of aliphatic hydroxyl groups excluding tert-OH is 1. The SMILES string of the molecule is CC(O)CCNc1c(F)cc(Br)cc1F. The molecule has 0 aliphatic carbocycles. The Morgan fingerprint density at radius 1 is 1.40 bits per heavy atom. The Labute approximate surface area is 95.4 Å². The van der Waals surface area contributed by atoms with E-state index < -0.39 is 17.7 Å². The molecule has 0 radical (unpaired) electrons. The molecule has 15 heavy (non-hydrogen) atoms. The van der Waals surface area contributed by atoms with Crippen LogP contribution in [0.3, 0.4) is 0 Å². The van der Waals surface area contributed by atoms with Crippen molar-refractivity contribution in [2.24, 2.45) is 0 Å². The normalized spacial score (nSPS) is 12.6. The molecule has 5 heteroatoms. The zero-order chi connectivity index (χ0) is 11.4. The summed E-state index contributed by atoms with van der Waals surface area (Å²) in [5, 5.41) is 11.6. The number of aliphatic hydroxyl groups is 1. The van der Waals surface area contributed by atoms with Crippen molar-refractivity contribution >= 4 is 21.6 Å². The van der Waals surface area contributed by atoms with Crippen LogP contribution in [0.1, 0.15) is 13.3 Å².